The number of nitrogens with one attached hydrogen (secondary N) is 1. The number of thiophene rings is 1. The summed E-state index contributed by atoms with van der Waals surface area (Å²) in [5.41, 5.74) is 4.93. The van der Waals surface area contributed by atoms with Crippen LogP contribution >= 0.6 is 11.3 Å². The van der Waals surface area contributed by atoms with Crippen LogP contribution in [0.4, 0.5) is 0 Å². The lowest BCUT2D eigenvalue weighted by atomic mass is 10.1. The predicted molar refractivity (Wildman–Crippen MR) is 95.4 cm³/mol. The molecular weight excluding hydrogens is 304 g/mol. The molecule has 0 aliphatic heterocycles. The number of fused-ring (bicyclic) bond motifs is 2. The predicted octanol–water partition coefficient (Wildman–Crippen LogP) is 4.15. The third kappa shape index (κ3) is 2.90. The number of hydrogen-bond acceptors (Lipinski definition) is 3. The van der Waals surface area contributed by atoms with Crippen molar-refractivity contribution in [2.75, 3.05) is 0 Å². The van der Waals surface area contributed by atoms with Gasteiger partial charge in [0, 0.05) is 4.88 Å². The zero-order valence-electron chi connectivity index (χ0n) is 12.6. The fourth-order valence-electron chi connectivity index (χ4n) is 2.95. The highest BCUT2D eigenvalue weighted by molar-refractivity contribution is 7.14. The first-order valence-electron chi connectivity index (χ1n) is 7.73. The first-order chi connectivity index (χ1) is 11.3. The van der Waals surface area contributed by atoms with Crippen molar-refractivity contribution < 1.29 is 4.79 Å². The van der Waals surface area contributed by atoms with E-state index in [4.69, 9.17) is 0 Å². The van der Waals surface area contributed by atoms with Gasteiger partial charge in [-0.2, -0.15) is 5.10 Å². The minimum Gasteiger partial charge on any atom is -0.266 e. The van der Waals surface area contributed by atoms with Crippen molar-refractivity contribution in [3.05, 3.63) is 69.4 Å². The molecule has 3 aromatic rings. The lowest BCUT2D eigenvalue weighted by molar-refractivity contribution is 0.0959. The molecule has 114 valence electrons. The van der Waals surface area contributed by atoms with Crippen molar-refractivity contribution in [1.82, 2.24) is 5.43 Å². The van der Waals surface area contributed by atoms with E-state index >= 15 is 0 Å². The van der Waals surface area contributed by atoms with Crippen LogP contribution in [-0.2, 0) is 12.8 Å². The molecule has 1 N–H and O–H groups in total. The van der Waals surface area contributed by atoms with E-state index in [1.165, 1.54) is 22.2 Å². The second kappa shape index (κ2) is 5.97. The van der Waals surface area contributed by atoms with Gasteiger partial charge in [0.05, 0.1) is 11.1 Å². The summed E-state index contributed by atoms with van der Waals surface area (Å²) >= 11 is 1.59. The van der Waals surface area contributed by atoms with Crippen LogP contribution in [0.25, 0.3) is 10.8 Å². The Morgan fingerprint density at radius 3 is 2.83 bits per heavy atom. The number of aryl methyl sites for hydroxylation is 2. The average Bonchev–Trinajstić information content (AvgIpc) is 3.16. The molecule has 3 nitrogen and oxygen atoms in total. The van der Waals surface area contributed by atoms with Gasteiger partial charge in [0.2, 0.25) is 0 Å². The highest BCUT2D eigenvalue weighted by Gasteiger charge is 2.17. The topological polar surface area (TPSA) is 41.5 Å². The van der Waals surface area contributed by atoms with Crippen LogP contribution in [0.5, 0.6) is 0 Å². The first kappa shape index (κ1) is 14.2. The van der Waals surface area contributed by atoms with Crippen LogP contribution in [0.2, 0.25) is 0 Å². The second-order valence-electron chi connectivity index (χ2n) is 5.72. The largest absolute Gasteiger partial charge is 0.281 e. The molecule has 2 aromatic carbocycles. The summed E-state index contributed by atoms with van der Waals surface area (Å²) < 4.78 is 0. The van der Waals surface area contributed by atoms with E-state index in [-0.39, 0.29) is 5.91 Å². The lowest BCUT2D eigenvalue weighted by Gasteiger charge is -1.99. The molecule has 4 heteroatoms. The van der Waals surface area contributed by atoms with Gasteiger partial charge in [-0.1, -0.05) is 36.4 Å². The summed E-state index contributed by atoms with van der Waals surface area (Å²) in [5.74, 6) is -0.124. The molecule has 0 saturated carbocycles. The van der Waals surface area contributed by atoms with Gasteiger partial charge in [-0.25, -0.2) is 5.43 Å². The molecule has 1 heterocycles. The maximum Gasteiger partial charge on any atom is 0.281 e. The molecule has 0 fully saturated rings. The molecule has 0 spiro atoms. The molecule has 23 heavy (non-hydrogen) atoms. The maximum atomic E-state index is 12.1. The molecule has 4 rings (SSSR count). The number of carbonyl (C=O) groups is 1. The summed E-state index contributed by atoms with van der Waals surface area (Å²) in [7, 11) is 0. The van der Waals surface area contributed by atoms with Crippen molar-refractivity contribution in [2.45, 2.75) is 19.3 Å². The molecule has 1 aliphatic rings. The Labute approximate surface area is 138 Å². The molecular formula is C19H16N2OS. The average molecular weight is 320 g/mol. The zero-order valence-corrected chi connectivity index (χ0v) is 13.4. The van der Waals surface area contributed by atoms with Crippen LogP contribution in [0.3, 0.4) is 0 Å². The monoisotopic (exact) mass is 320 g/mol. The van der Waals surface area contributed by atoms with Crippen LogP contribution < -0.4 is 5.43 Å². The summed E-state index contributed by atoms with van der Waals surface area (Å²) in [5, 5.41) is 6.45. The number of hydrogen-bond donors (Lipinski definition) is 1. The van der Waals surface area contributed by atoms with Gasteiger partial charge in [-0.15, -0.1) is 11.3 Å². The van der Waals surface area contributed by atoms with Gasteiger partial charge in [-0.05, 0) is 53.3 Å². The second-order valence-corrected chi connectivity index (χ2v) is 6.86. The number of hydrazone groups is 1. The Morgan fingerprint density at radius 1 is 1.09 bits per heavy atom. The molecule has 0 saturated heterocycles. The van der Waals surface area contributed by atoms with Crippen LogP contribution in [-0.4, -0.2) is 12.1 Å². The van der Waals surface area contributed by atoms with Gasteiger partial charge in [0.1, 0.15) is 0 Å². The van der Waals surface area contributed by atoms with Crippen molar-refractivity contribution in [3.63, 3.8) is 0 Å². The SMILES string of the molecule is O=C(N/N=C\c1ccc2ccccc2c1)c1cc2c(s1)CCC2. The number of nitrogens with zero attached hydrogens (tertiary/aromatic N) is 1. The fourth-order valence-corrected chi connectivity index (χ4v) is 4.09. The molecule has 0 unspecified atom stereocenters. The van der Waals surface area contributed by atoms with Gasteiger partial charge in [-0.3, -0.25) is 4.79 Å². The Morgan fingerprint density at radius 2 is 1.96 bits per heavy atom. The van der Waals surface area contributed by atoms with Crippen molar-refractivity contribution >= 4 is 34.2 Å². The third-order valence-electron chi connectivity index (χ3n) is 4.12. The van der Waals surface area contributed by atoms with Gasteiger partial charge in [0.15, 0.2) is 0 Å². The lowest BCUT2D eigenvalue weighted by Crippen LogP contribution is -2.16. The van der Waals surface area contributed by atoms with Crippen LogP contribution in [0.1, 0.15) is 32.1 Å². The van der Waals surface area contributed by atoms with Crippen LogP contribution in [0.15, 0.2) is 53.6 Å². The number of carbonyl (C=O) groups excluding carboxylic acids is 1. The van der Waals surface area contributed by atoms with E-state index in [0.29, 0.717) is 0 Å². The molecule has 1 aromatic heterocycles. The molecule has 0 atom stereocenters. The smallest absolute Gasteiger partial charge is 0.266 e. The van der Waals surface area contributed by atoms with E-state index in [1.54, 1.807) is 17.6 Å². The maximum absolute atomic E-state index is 12.1. The summed E-state index contributed by atoms with van der Waals surface area (Å²) in [4.78, 5) is 14.2. The molecule has 0 bridgehead atoms. The summed E-state index contributed by atoms with van der Waals surface area (Å²) in [6.45, 7) is 0. The van der Waals surface area contributed by atoms with Crippen molar-refractivity contribution in [2.24, 2.45) is 5.10 Å². The standard InChI is InChI=1S/C19H16N2OS/c22-19(18-11-16-6-3-7-17(16)23-18)21-20-12-13-8-9-14-4-1-2-5-15(14)10-13/h1-2,4-5,8-12H,3,6-7H2,(H,21,22)/b20-12-. The first-order valence-corrected chi connectivity index (χ1v) is 8.55. The minimum absolute atomic E-state index is 0.124. The van der Waals surface area contributed by atoms with E-state index < -0.39 is 0 Å². The zero-order chi connectivity index (χ0) is 15.6. The third-order valence-corrected chi connectivity index (χ3v) is 5.36. The number of amides is 1. The van der Waals surface area contributed by atoms with Crippen LogP contribution in [0, 0.1) is 0 Å². The van der Waals surface area contributed by atoms with E-state index in [1.807, 2.05) is 24.3 Å². The van der Waals surface area contributed by atoms with E-state index in [2.05, 4.69) is 34.8 Å². The van der Waals surface area contributed by atoms with E-state index in [0.717, 1.165) is 28.7 Å². The molecule has 0 radical (unpaired) electrons. The van der Waals surface area contributed by atoms with Crippen molar-refractivity contribution in [1.29, 1.82) is 0 Å². The van der Waals surface area contributed by atoms with Gasteiger partial charge >= 0.3 is 0 Å². The molecule has 1 aliphatic carbocycles. The van der Waals surface area contributed by atoms with Gasteiger partial charge in [0.25, 0.3) is 5.91 Å². The Balaban J connectivity index is 1.46. The van der Waals surface area contributed by atoms with Gasteiger partial charge < -0.3 is 0 Å². The number of benzene rings is 2. The van der Waals surface area contributed by atoms with E-state index in [9.17, 15) is 4.79 Å². The highest BCUT2D eigenvalue weighted by atomic mass is 32.1. The quantitative estimate of drug-likeness (QED) is 0.571. The van der Waals surface area contributed by atoms with Crippen molar-refractivity contribution in [3.8, 4) is 0 Å². The normalized spacial score (nSPS) is 13.6. The summed E-state index contributed by atoms with van der Waals surface area (Å²) in [6.07, 6.45) is 5.10. The summed E-state index contributed by atoms with van der Waals surface area (Å²) in [6, 6.07) is 16.3. The number of rotatable bonds is 3. The Hall–Kier alpha value is -2.46. The minimum atomic E-state index is -0.124. The fraction of sp³-hybridized carbons (Fsp3) is 0.158. The molecule has 1 amide bonds. The Bertz CT molecular complexity index is 889. The Kier molecular flexibility index (Phi) is 3.67. The highest BCUT2D eigenvalue weighted by Crippen LogP contribution is 2.30.